The first-order valence-corrected chi connectivity index (χ1v) is 7.06. The lowest BCUT2D eigenvalue weighted by molar-refractivity contribution is -0.137. The maximum Gasteiger partial charge on any atom is 0.416 e. The van der Waals surface area contributed by atoms with E-state index in [9.17, 15) is 13.2 Å². The van der Waals surface area contributed by atoms with Crippen LogP contribution in [0, 0.1) is 0 Å². The van der Waals surface area contributed by atoms with Crippen LogP contribution in [0.3, 0.4) is 0 Å². The molecule has 1 heterocycles. The van der Waals surface area contributed by atoms with E-state index in [-0.39, 0.29) is 18.5 Å². The normalized spacial score (nSPS) is 16.7. The largest absolute Gasteiger partial charge is 0.416 e. The van der Waals surface area contributed by atoms with Crippen LogP contribution in [0.2, 0.25) is 0 Å². The zero-order valence-electron chi connectivity index (χ0n) is 12.4. The highest BCUT2D eigenvalue weighted by Gasteiger charge is 2.30. The van der Waals surface area contributed by atoms with Gasteiger partial charge in [0.25, 0.3) is 0 Å². The summed E-state index contributed by atoms with van der Waals surface area (Å²) < 4.78 is 37.9. The summed E-state index contributed by atoms with van der Waals surface area (Å²) in [6.07, 6.45) is 0.518. The van der Waals surface area contributed by atoms with E-state index in [2.05, 4.69) is 16.1 Å². The molecular weight excluding hydrogens is 307 g/mol. The molecule has 0 aliphatic carbocycles. The molecule has 4 N–H and O–H groups in total. The quantitative estimate of drug-likeness (QED) is 0.496. The van der Waals surface area contributed by atoms with Crippen molar-refractivity contribution in [2.24, 2.45) is 21.5 Å². The molecule has 124 valence electrons. The summed E-state index contributed by atoms with van der Waals surface area (Å²) in [4.78, 5) is 9.79. The summed E-state index contributed by atoms with van der Waals surface area (Å²) in [6, 6.07) is 4.94. The standard InChI is InChI=1S/C15H18F3N5/c16-15(17,18)12-6-4-5-11(9-12)10-21-13(19)22-14(20)23-7-2-1-3-8-23/h1-2,4-6,9H,3,7-8,10H2,(H4,19,20,21,22). The molecule has 0 bridgehead atoms. The lowest BCUT2D eigenvalue weighted by Gasteiger charge is -2.23. The van der Waals surface area contributed by atoms with Crippen LogP contribution in [0.25, 0.3) is 0 Å². The highest BCUT2D eigenvalue weighted by atomic mass is 19.4. The number of guanidine groups is 2. The van der Waals surface area contributed by atoms with E-state index in [1.165, 1.54) is 6.07 Å². The molecular formula is C15H18F3N5. The third kappa shape index (κ3) is 5.01. The molecule has 5 nitrogen and oxygen atoms in total. The van der Waals surface area contributed by atoms with E-state index in [0.29, 0.717) is 12.1 Å². The van der Waals surface area contributed by atoms with E-state index in [1.807, 2.05) is 11.0 Å². The minimum absolute atomic E-state index is 0.00639. The molecule has 23 heavy (non-hydrogen) atoms. The Kier molecular flexibility index (Phi) is 5.25. The Hall–Kier alpha value is -2.51. The van der Waals surface area contributed by atoms with Crippen molar-refractivity contribution in [3.05, 3.63) is 47.5 Å². The number of halogens is 3. The maximum absolute atomic E-state index is 12.6. The van der Waals surface area contributed by atoms with Crippen LogP contribution in [-0.2, 0) is 12.7 Å². The fourth-order valence-corrected chi connectivity index (χ4v) is 2.09. The molecule has 1 aliphatic rings. The number of hydrogen-bond acceptors (Lipinski definition) is 1. The van der Waals surface area contributed by atoms with E-state index < -0.39 is 11.7 Å². The first kappa shape index (κ1) is 16.9. The van der Waals surface area contributed by atoms with Crippen LogP contribution in [0.4, 0.5) is 13.2 Å². The summed E-state index contributed by atoms with van der Waals surface area (Å²) in [5.41, 5.74) is 11.2. The van der Waals surface area contributed by atoms with Crippen LogP contribution in [0.1, 0.15) is 17.5 Å². The van der Waals surface area contributed by atoms with Crippen molar-refractivity contribution in [2.45, 2.75) is 19.1 Å². The van der Waals surface area contributed by atoms with Gasteiger partial charge in [0.1, 0.15) is 0 Å². The average molecular weight is 325 g/mol. The second-order valence-corrected chi connectivity index (χ2v) is 5.05. The van der Waals surface area contributed by atoms with Gasteiger partial charge < -0.3 is 16.4 Å². The summed E-state index contributed by atoms with van der Waals surface area (Å²) in [5, 5.41) is 0. The molecule has 1 aromatic carbocycles. The van der Waals surface area contributed by atoms with Gasteiger partial charge in [-0.3, -0.25) is 0 Å². The zero-order valence-corrected chi connectivity index (χ0v) is 12.4. The van der Waals surface area contributed by atoms with Gasteiger partial charge in [-0.05, 0) is 24.1 Å². The Morgan fingerprint density at radius 1 is 1.22 bits per heavy atom. The summed E-state index contributed by atoms with van der Waals surface area (Å²) >= 11 is 0. The van der Waals surface area contributed by atoms with Gasteiger partial charge in [0.2, 0.25) is 5.96 Å². The van der Waals surface area contributed by atoms with Gasteiger partial charge in [-0.1, -0.05) is 24.3 Å². The van der Waals surface area contributed by atoms with E-state index >= 15 is 0 Å². The summed E-state index contributed by atoms with van der Waals surface area (Å²) in [7, 11) is 0. The van der Waals surface area contributed by atoms with Crippen molar-refractivity contribution in [1.29, 1.82) is 0 Å². The molecule has 1 aromatic rings. The summed E-state index contributed by atoms with van der Waals surface area (Å²) in [5.74, 6) is 0.189. The first-order chi connectivity index (χ1) is 10.9. The Morgan fingerprint density at radius 2 is 2.00 bits per heavy atom. The molecule has 0 amide bonds. The minimum atomic E-state index is -4.38. The monoisotopic (exact) mass is 325 g/mol. The fraction of sp³-hybridized carbons (Fsp3) is 0.333. The number of benzene rings is 1. The molecule has 0 atom stereocenters. The van der Waals surface area contributed by atoms with Crippen molar-refractivity contribution in [1.82, 2.24) is 4.90 Å². The van der Waals surface area contributed by atoms with Crippen LogP contribution in [-0.4, -0.2) is 29.9 Å². The van der Waals surface area contributed by atoms with E-state index in [0.717, 1.165) is 25.1 Å². The average Bonchev–Trinajstić information content (AvgIpc) is 2.53. The molecule has 0 aromatic heterocycles. The number of aliphatic imine (C=N–C) groups is 2. The first-order valence-electron chi connectivity index (χ1n) is 7.06. The van der Waals surface area contributed by atoms with Crippen LogP contribution in [0.15, 0.2) is 46.4 Å². The summed E-state index contributed by atoms with van der Waals surface area (Å²) in [6.45, 7) is 1.40. The van der Waals surface area contributed by atoms with Crippen molar-refractivity contribution in [3.63, 3.8) is 0 Å². The van der Waals surface area contributed by atoms with Crippen molar-refractivity contribution >= 4 is 11.9 Å². The molecule has 0 fully saturated rings. The Morgan fingerprint density at radius 3 is 2.65 bits per heavy atom. The highest BCUT2D eigenvalue weighted by molar-refractivity contribution is 5.93. The van der Waals surface area contributed by atoms with Crippen LogP contribution in [0.5, 0.6) is 0 Å². The van der Waals surface area contributed by atoms with E-state index in [4.69, 9.17) is 11.5 Å². The molecule has 0 saturated heterocycles. The molecule has 1 aliphatic heterocycles. The molecule has 8 heteroatoms. The zero-order chi connectivity index (χ0) is 16.9. The molecule has 2 rings (SSSR count). The number of alkyl halides is 3. The number of rotatable bonds is 2. The van der Waals surface area contributed by atoms with Crippen molar-refractivity contribution in [3.8, 4) is 0 Å². The highest BCUT2D eigenvalue weighted by Crippen LogP contribution is 2.29. The van der Waals surface area contributed by atoms with Crippen LogP contribution >= 0.6 is 0 Å². The predicted molar refractivity (Wildman–Crippen MR) is 83.7 cm³/mol. The van der Waals surface area contributed by atoms with Gasteiger partial charge in [0, 0.05) is 13.1 Å². The number of hydrogen-bond donors (Lipinski definition) is 2. The van der Waals surface area contributed by atoms with Gasteiger partial charge in [-0.25, -0.2) is 4.99 Å². The second kappa shape index (κ2) is 7.17. The van der Waals surface area contributed by atoms with Gasteiger partial charge in [0.15, 0.2) is 5.96 Å². The molecule has 0 unspecified atom stereocenters. The fourth-order valence-electron chi connectivity index (χ4n) is 2.09. The minimum Gasteiger partial charge on any atom is -0.369 e. The van der Waals surface area contributed by atoms with E-state index in [1.54, 1.807) is 6.07 Å². The Balaban J connectivity index is 2.03. The third-order valence-electron chi connectivity index (χ3n) is 3.29. The maximum atomic E-state index is 12.6. The molecule has 0 radical (unpaired) electrons. The lowest BCUT2D eigenvalue weighted by Crippen LogP contribution is -2.40. The number of nitrogens with zero attached hydrogens (tertiary/aromatic N) is 3. The van der Waals surface area contributed by atoms with Gasteiger partial charge in [0.05, 0.1) is 12.1 Å². The van der Waals surface area contributed by atoms with Gasteiger partial charge in [-0.15, -0.1) is 0 Å². The second-order valence-electron chi connectivity index (χ2n) is 5.05. The third-order valence-corrected chi connectivity index (χ3v) is 3.29. The predicted octanol–water partition coefficient (Wildman–Crippen LogP) is 2.10. The Bertz CT molecular complexity index is 634. The van der Waals surface area contributed by atoms with Crippen molar-refractivity contribution < 1.29 is 13.2 Å². The SMILES string of the molecule is NC(=NCc1cccc(C(F)(F)F)c1)/N=C(/N)N1CC=CCC1. The Labute approximate surface area is 132 Å². The van der Waals surface area contributed by atoms with Gasteiger partial charge >= 0.3 is 6.18 Å². The van der Waals surface area contributed by atoms with Crippen molar-refractivity contribution in [2.75, 3.05) is 13.1 Å². The topological polar surface area (TPSA) is 80.0 Å². The lowest BCUT2D eigenvalue weighted by atomic mass is 10.1. The smallest absolute Gasteiger partial charge is 0.369 e. The van der Waals surface area contributed by atoms with Crippen LogP contribution < -0.4 is 11.5 Å². The number of nitrogens with two attached hydrogens (primary N) is 2. The molecule has 0 saturated carbocycles. The van der Waals surface area contributed by atoms with Gasteiger partial charge in [-0.2, -0.15) is 18.2 Å². The molecule has 0 spiro atoms.